The number of para-hydroxylation sites is 1. The van der Waals surface area contributed by atoms with Crippen molar-refractivity contribution in [1.29, 1.82) is 0 Å². The molecule has 0 unspecified atom stereocenters. The highest BCUT2D eigenvalue weighted by Crippen LogP contribution is 2.22. The predicted molar refractivity (Wildman–Crippen MR) is 75.6 cm³/mol. The Balaban J connectivity index is 1.88. The number of hydrogen-bond acceptors (Lipinski definition) is 4. The molecule has 0 fully saturated rings. The molecule has 2 N–H and O–H groups in total. The van der Waals surface area contributed by atoms with E-state index in [0.717, 1.165) is 4.90 Å². The van der Waals surface area contributed by atoms with E-state index < -0.39 is 0 Å². The summed E-state index contributed by atoms with van der Waals surface area (Å²) < 4.78 is 0. The first-order chi connectivity index (χ1) is 9.15. The van der Waals surface area contributed by atoms with E-state index in [0.29, 0.717) is 11.3 Å². The average molecular weight is 274 g/mol. The second-order valence-electron chi connectivity index (χ2n) is 4.13. The number of Topliss-reactive ketones (excluding diaryl/α,β-unsaturated/α-hetero) is 1. The summed E-state index contributed by atoms with van der Waals surface area (Å²) in [6, 6.07) is 13.6. The van der Waals surface area contributed by atoms with Crippen molar-refractivity contribution in [1.82, 2.24) is 0 Å². The molecule has 0 amide bonds. The summed E-state index contributed by atoms with van der Waals surface area (Å²) in [4.78, 5) is 12.8. The van der Waals surface area contributed by atoms with Crippen LogP contribution in [0.5, 0.6) is 11.5 Å². The molecule has 0 saturated heterocycles. The van der Waals surface area contributed by atoms with Crippen molar-refractivity contribution >= 4 is 17.5 Å². The lowest BCUT2D eigenvalue weighted by Crippen LogP contribution is -2.05. The second kappa shape index (κ2) is 6.29. The van der Waals surface area contributed by atoms with Gasteiger partial charge in [-0.05, 0) is 30.3 Å². The average Bonchev–Trinajstić information content (AvgIpc) is 2.41. The number of thioether (sulfide) groups is 1. The normalized spacial score (nSPS) is 10.3. The van der Waals surface area contributed by atoms with Gasteiger partial charge in [0.05, 0.1) is 5.75 Å². The Kier molecular flexibility index (Phi) is 4.47. The van der Waals surface area contributed by atoms with Crippen LogP contribution in [-0.4, -0.2) is 21.7 Å². The molecule has 19 heavy (non-hydrogen) atoms. The molecule has 0 spiro atoms. The Bertz CT molecular complexity index is 564. The van der Waals surface area contributed by atoms with Gasteiger partial charge in [0.25, 0.3) is 0 Å². The molecule has 0 saturated carbocycles. The first-order valence-electron chi connectivity index (χ1n) is 5.85. The minimum Gasteiger partial charge on any atom is -0.508 e. The lowest BCUT2D eigenvalue weighted by atomic mass is 10.1. The van der Waals surface area contributed by atoms with Crippen LogP contribution >= 0.6 is 11.8 Å². The van der Waals surface area contributed by atoms with Crippen LogP contribution in [0.3, 0.4) is 0 Å². The molecule has 98 valence electrons. The van der Waals surface area contributed by atoms with Gasteiger partial charge < -0.3 is 10.2 Å². The van der Waals surface area contributed by atoms with Crippen LogP contribution < -0.4 is 0 Å². The van der Waals surface area contributed by atoms with E-state index in [-0.39, 0.29) is 23.7 Å². The zero-order valence-corrected chi connectivity index (χ0v) is 11.1. The molecular weight excluding hydrogens is 260 g/mol. The first kappa shape index (κ1) is 13.5. The van der Waals surface area contributed by atoms with E-state index >= 15 is 0 Å². The number of carbonyl (C=O) groups is 1. The summed E-state index contributed by atoms with van der Waals surface area (Å²) in [5, 5.41) is 18.7. The van der Waals surface area contributed by atoms with Crippen molar-refractivity contribution in [3.05, 3.63) is 54.1 Å². The van der Waals surface area contributed by atoms with Gasteiger partial charge in [-0.15, -0.1) is 11.8 Å². The summed E-state index contributed by atoms with van der Waals surface area (Å²) in [5.74, 6) is 0.772. The summed E-state index contributed by atoms with van der Waals surface area (Å²) >= 11 is 1.42. The van der Waals surface area contributed by atoms with Crippen molar-refractivity contribution in [2.24, 2.45) is 0 Å². The fourth-order valence-corrected chi connectivity index (χ4v) is 2.39. The highest BCUT2D eigenvalue weighted by atomic mass is 32.2. The number of phenols is 2. The van der Waals surface area contributed by atoms with Gasteiger partial charge in [0, 0.05) is 16.9 Å². The minimum absolute atomic E-state index is 0.0552. The van der Waals surface area contributed by atoms with Crippen molar-refractivity contribution < 1.29 is 15.0 Å². The van der Waals surface area contributed by atoms with Gasteiger partial charge in [-0.3, -0.25) is 4.79 Å². The zero-order chi connectivity index (χ0) is 13.7. The van der Waals surface area contributed by atoms with E-state index in [9.17, 15) is 9.90 Å². The predicted octanol–water partition coefficient (Wildman–Crippen LogP) is 3.00. The third-order valence-electron chi connectivity index (χ3n) is 2.62. The molecule has 0 heterocycles. The lowest BCUT2D eigenvalue weighted by molar-refractivity contribution is -0.116. The van der Waals surface area contributed by atoms with Gasteiger partial charge in [0.15, 0.2) is 0 Å². The second-order valence-corrected chi connectivity index (χ2v) is 5.18. The topological polar surface area (TPSA) is 57.5 Å². The highest BCUT2D eigenvalue weighted by Gasteiger charge is 2.08. The zero-order valence-electron chi connectivity index (χ0n) is 10.2. The smallest absolute Gasteiger partial charge is 0.147 e. The Hall–Kier alpha value is -1.94. The van der Waals surface area contributed by atoms with Gasteiger partial charge in [-0.2, -0.15) is 0 Å². The van der Waals surface area contributed by atoms with Crippen LogP contribution in [0.1, 0.15) is 5.56 Å². The number of carbonyl (C=O) groups excluding carboxylic acids is 1. The maximum absolute atomic E-state index is 11.8. The maximum Gasteiger partial charge on any atom is 0.147 e. The van der Waals surface area contributed by atoms with E-state index in [1.165, 1.54) is 11.8 Å². The van der Waals surface area contributed by atoms with E-state index in [4.69, 9.17) is 5.11 Å². The minimum atomic E-state index is 0.0552. The monoisotopic (exact) mass is 274 g/mol. The Morgan fingerprint density at radius 2 is 1.68 bits per heavy atom. The van der Waals surface area contributed by atoms with Crippen LogP contribution in [0.4, 0.5) is 0 Å². The number of hydrogen-bond donors (Lipinski definition) is 2. The Morgan fingerprint density at radius 3 is 2.37 bits per heavy atom. The molecule has 0 aliphatic rings. The Morgan fingerprint density at radius 1 is 1.00 bits per heavy atom. The molecular formula is C15H14O3S. The quantitative estimate of drug-likeness (QED) is 0.823. The first-order valence-corrected chi connectivity index (χ1v) is 6.84. The summed E-state index contributed by atoms with van der Waals surface area (Å²) in [6.45, 7) is 0. The van der Waals surface area contributed by atoms with Crippen molar-refractivity contribution in [2.75, 3.05) is 5.75 Å². The number of aromatic hydroxyl groups is 2. The molecule has 3 nitrogen and oxygen atoms in total. The number of phenolic OH excluding ortho intramolecular Hbond substituents is 2. The molecule has 0 aromatic heterocycles. The van der Waals surface area contributed by atoms with Gasteiger partial charge in [0.2, 0.25) is 0 Å². The largest absolute Gasteiger partial charge is 0.508 e. The fourth-order valence-electron chi connectivity index (χ4n) is 1.63. The molecule has 0 aliphatic heterocycles. The molecule has 2 aromatic rings. The highest BCUT2D eigenvalue weighted by molar-refractivity contribution is 8.00. The molecule has 0 aliphatic carbocycles. The Labute approximate surface area is 115 Å². The molecule has 4 heteroatoms. The SMILES string of the molecule is O=C(CSc1ccc(O)cc1)Cc1ccccc1O. The number of ketones is 1. The van der Waals surface area contributed by atoms with Crippen LogP contribution in [-0.2, 0) is 11.2 Å². The summed E-state index contributed by atoms with van der Waals surface area (Å²) in [6.07, 6.45) is 0.234. The van der Waals surface area contributed by atoms with Crippen LogP contribution in [0, 0.1) is 0 Å². The van der Waals surface area contributed by atoms with Gasteiger partial charge in [-0.25, -0.2) is 0 Å². The van der Waals surface area contributed by atoms with Crippen LogP contribution in [0.15, 0.2) is 53.4 Å². The molecule has 2 aromatic carbocycles. The summed E-state index contributed by atoms with van der Waals surface area (Å²) in [5.41, 5.74) is 0.652. The van der Waals surface area contributed by atoms with E-state index in [2.05, 4.69) is 0 Å². The van der Waals surface area contributed by atoms with E-state index in [1.807, 2.05) is 0 Å². The third-order valence-corrected chi connectivity index (χ3v) is 3.69. The third kappa shape index (κ3) is 4.03. The molecule has 0 bridgehead atoms. The summed E-state index contributed by atoms with van der Waals surface area (Å²) in [7, 11) is 0. The standard InChI is InChI=1S/C15H14O3S/c16-12-5-7-14(8-6-12)19-10-13(17)9-11-3-1-2-4-15(11)18/h1-8,16,18H,9-10H2. The van der Waals surface area contributed by atoms with Gasteiger partial charge in [-0.1, -0.05) is 18.2 Å². The lowest BCUT2D eigenvalue weighted by Gasteiger charge is -2.04. The molecule has 0 atom stereocenters. The van der Waals surface area contributed by atoms with Crippen molar-refractivity contribution in [2.45, 2.75) is 11.3 Å². The number of benzene rings is 2. The van der Waals surface area contributed by atoms with E-state index in [1.54, 1.807) is 48.5 Å². The molecule has 2 rings (SSSR count). The molecule has 0 radical (unpaired) electrons. The van der Waals surface area contributed by atoms with Gasteiger partial charge in [0.1, 0.15) is 17.3 Å². The van der Waals surface area contributed by atoms with Crippen LogP contribution in [0.25, 0.3) is 0 Å². The maximum atomic E-state index is 11.8. The van der Waals surface area contributed by atoms with Crippen molar-refractivity contribution in [3.8, 4) is 11.5 Å². The van der Waals surface area contributed by atoms with Crippen molar-refractivity contribution in [3.63, 3.8) is 0 Å². The number of rotatable bonds is 5. The fraction of sp³-hybridized carbons (Fsp3) is 0.133. The van der Waals surface area contributed by atoms with Crippen LogP contribution in [0.2, 0.25) is 0 Å². The van der Waals surface area contributed by atoms with Gasteiger partial charge >= 0.3 is 0 Å².